The summed E-state index contributed by atoms with van der Waals surface area (Å²) in [5.41, 5.74) is 0.627. The van der Waals surface area contributed by atoms with E-state index in [-0.39, 0.29) is 17.7 Å². The topological polar surface area (TPSA) is 57.0 Å². The lowest BCUT2D eigenvalue weighted by Crippen LogP contribution is -2.52. The molecule has 2 amide bonds. The highest BCUT2D eigenvalue weighted by atomic mass is 16.3. The minimum atomic E-state index is -0.0702. The minimum absolute atomic E-state index is 0.0114. The summed E-state index contributed by atoms with van der Waals surface area (Å²) in [6.45, 7) is 11.6. The van der Waals surface area contributed by atoms with Gasteiger partial charge in [0.1, 0.15) is 11.5 Å². The molecule has 25 heavy (non-hydrogen) atoms. The van der Waals surface area contributed by atoms with Gasteiger partial charge in [-0.2, -0.15) is 0 Å². The van der Waals surface area contributed by atoms with Crippen LogP contribution in [0.1, 0.15) is 41.6 Å². The van der Waals surface area contributed by atoms with Crippen LogP contribution in [0.15, 0.2) is 10.5 Å². The van der Waals surface area contributed by atoms with Crippen LogP contribution in [0.5, 0.6) is 0 Å². The molecule has 1 unspecified atom stereocenters. The van der Waals surface area contributed by atoms with Gasteiger partial charge in [-0.15, -0.1) is 0 Å². The molecule has 0 N–H and O–H groups in total. The number of nitrogens with zero attached hydrogens (tertiary/aromatic N) is 3. The molecule has 2 aliphatic heterocycles. The maximum atomic E-state index is 12.9. The lowest BCUT2D eigenvalue weighted by molar-refractivity contribution is -0.138. The van der Waals surface area contributed by atoms with Gasteiger partial charge in [-0.25, -0.2) is 0 Å². The van der Waals surface area contributed by atoms with E-state index in [1.807, 2.05) is 23.6 Å². The molecule has 1 atom stereocenters. The van der Waals surface area contributed by atoms with Crippen LogP contribution in [0, 0.1) is 19.8 Å². The van der Waals surface area contributed by atoms with Crippen molar-refractivity contribution >= 4 is 11.8 Å². The number of rotatable bonds is 3. The summed E-state index contributed by atoms with van der Waals surface area (Å²) in [7, 11) is 0. The van der Waals surface area contributed by atoms with Gasteiger partial charge in [0.2, 0.25) is 5.91 Å². The first-order chi connectivity index (χ1) is 12.0. The van der Waals surface area contributed by atoms with Crippen molar-refractivity contribution < 1.29 is 14.0 Å². The zero-order valence-corrected chi connectivity index (χ0v) is 15.6. The molecule has 1 aromatic heterocycles. The first-order valence-electron chi connectivity index (χ1n) is 9.37. The van der Waals surface area contributed by atoms with Crippen LogP contribution in [0.2, 0.25) is 0 Å². The van der Waals surface area contributed by atoms with E-state index in [0.717, 1.165) is 57.9 Å². The predicted molar refractivity (Wildman–Crippen MR) is 95.5 cm³/mol. The highest BCUT2D eigenvalue weighted by molar-refractivity contribution is 5.95. The monoisotopic (exact) mass is 347 g/mol. The van der Waals surface area contributed by atoms with Gasteiger partial charge in [-0.1, -0.05) is 6.92 Å². The Labute approximate surface area is 149 Å². The summed E-state index contributed by atoms with van der Waals surface area (Å²) in [6.07, 6.45) is 1.76. The zero-order chi connectivity index (χ0) is 18.0. The number of aryl methyl sites for hydroxylation is 2. The first-order valence-corrected chi connectivity index (χ1v) is 9.37. The van der Waals surface area contributed by atoms with Crippen molar-refractivity contribution in [2.24, 2.45) is 5.92 Å². The fraction of sp³-hybridized carbons (Fsp3) is 0.684. The maximum absolute atomic E-state index is 12.9. The fourth-order valence-corrected chi connectivity index (χ4v) is 3.92. The van der Waals surface area contributed by atoms with E-state index in [1.54, 1.807) is 6.07 Å². The van der Waals surface area contributed by atoms with Crippen LogP contribution in [-0.2, 0) is 4.79 Å². The van der Waals surface area contributed by atoms with Crippen molar-refractivity contribution in [1.82, 2.24) is 14.7 Å². The number of hydrogen-bond acceptors (Lipinski definition) is 4. The number of amides is 2. The fourth-order valence-electron chi connectivity index (χ4n) is 3.92. The Balaban J connectivity index is 1.62. The number of piperidine rings is 1. The van der Waals surface area contributed by atoms with Crippen molar-refractivity contribution in [2.45, 2.75) is 33.6 Å². The molecular weight excluding hydrogens is 318 g/mol. The summed E-state index contributed by atoms with van der Waals surface area (Å²) in [6, 6.07) is 1.80. The lowest BCUT2D eigenvalue weighted by atomic mass is 9.95. The van der Waals surface area contributed by atoms with Crippen LogP contribution in [0.3, 0.4) is 0 Å². The molecule has 1 aromatic rings. The van der Waals surface area contributed by atoms with Gasteiger partial charge < -0.3 is 19.1 Å². The van der Waals surface area contributed by atoms with Crippen molar-refractivity contribution in [3.05, 3.63) is 23.2 Å². The Kier molecular flexibility index (Phi) is 5.47. The van der Waals surface area contributed by atoms with E-state index in [1.165, 1.54) is 0 Å². The molecule has 2 fully saturated rings. The minimum Gasteiger partial charge on any atom is -0.466 e. The van der Waals surface area contributed by atoms with Crippen LogP contribution in [-0.4, -0.2) is 72.3 Å². The summed E-state index contributed by atoms with van der Waals surface area (Å²) in [4.78, 5) is 31.8. The van der Waals surface area contributed by atoms with Gasteiger partial charge in [0.25, 0.3) is 5.91 Å². The Bertz CT molecular complexity index is 632. The third-order valence-corrected chi connectivity index (χ3v) is 5.46. The first kappa shape index (κ1) is 18.0. The van der Waals surface area contributed by atoms with Gasteiger partial charge in [0, 0.05) is 39.3 Å². The highest BCUT2D eigenvalue weighted by Crippen LogP contribution is 2.23. The Morgan fingerprint density at radius 1 is 1.12 bits per heavy atom. The summed E-state index contributed by atoms with van der Waals surface area (Å²) < 4.78 is 5.49. The number of carbonyl (C=O) groups is 2. The molecule has 0 saturated carbocycles. The molecule has 0 spiro atoms. The molecule has 0 bridgehead atoms. The molecule has 138 valence electrons. The number of likely N-dealkylation sites (tertiary alicyclic amines) is 1. The number of likely N-dealkylation sites (N-methyl/N-ethyl adjacent to an activating group) is 1. The normalized spacial score (nSPS) is 22.3. The number of furan rings is 1. The third-order valence-electron chi connectivity index (χ3n) is 5.46. The third kappa shape index (κ3) is 3.89. The molecule has 2 saturated heterocycles. The van der Waals surface area contributed by atoms with E-state index in [9.17, 15) is 9.59 Å². The second-order valence-corrected chi connectivity index (χ2v) is 7.18. The predicted octanol–water partition coefficient (Wildman–Crippen LogP) is 1.91. The molecule has 3 heterocycles. The van der Waals surface area contributed by atoms with Gasteiger partial charge >= 0.3 is 0 Å². The average Bonchev–Trinajstić information content (AvgIpc) is 2.98. The maximum Gasteiger partial charge on any atom is 0.257 e. The van der Waals surface area contributed by atoms with Crippen molar-refractivity contribution in [3.63, 3.8) is 0 Å². The van der Waals surface area contributed by atoms with Crippen LogP contribution < -0.4 is 0 Å². The number of carbonyl (C=O) groups excluding carboxylic acids is 2. The largest absolute Gasteiger partial charge is 0.466 e. The van der Waals surface area contributed by atoms with E-state index < -0.39 is 0 Å². The van der Waals surface area contributed by atoms with Gasteiger partial charge in [-0.05, 0) is 39.3 Å². The van der Waals surface area contributed by atoms with E-state index in [4.69, 9.17) is 4.42 Å². The van der Waals surface area contributed by atoms with E-state index in [2.05, 4.69) is 11.8 Å². The molecule has 3 rings (SSSR count). The zero-order valence-electron chi connectivity index (χ0n) is 15.6. The van der Waals surface area contributed by atoms with Crippen molar-refractivity contribution in [3.8, 4) is 0 Å². The SMILES string of the molecule is CCN1CCN(C(=O)C2CCCN(C(=O)c3cc(C)oc3C)C2)CC1. The smallest absolute Gasteiger partial charge is 0.257 e. The second-order valence-electron chi connectivity index (χ2n) is 7.18. The molecule has 2 aliphatic rings. The van der Waals surface area contributed by atoms with Crippen molar-refractivity contribution in [1.29, 1.82) is 0 Å². The van der Waals surface area contributed by atoms with Crippen molar-refractivity contribution in [2.75, 3.05) is 45.8 Å². The summed E-state index contributed by atoms with van der Waals surface area (Å²) >= 11 is 0. The Morgan fingerprint density at radius 3 is 2.44 bits per heavy atom. The van der Waals surface area contributed by atoms with E-state index in [0.29, 0.717) is 17.9 Å². The second kappa shape index (κ2) is 7.60. The summed E-state index contributed by atoms with van der Waals surface area (Å²) in [5.74, 6) is 1.54. The molecular formula is C19H29N3O3. The molecule has 0 aliphatic carbocycles. The number of hydrogen-bond donors (Lipinski definition) is 0. The van der Waals surface area contributed by atoms with Crippen LogP contribution >= 0.6 is 0 Å². The van der Waals surface area contributed by atoms with E-state index >= 15 is 0 Å². The molecule has 0 radical (unpaired) electrons. The lowest BCUT2D eigenvalue weighted by Gasteiger charge is -2.38. The standard InChI is InChI=1S/C19H29N3O3/c1-4-20-8-10-21(11-9-20)18(23)16-6-5-7-22(13-16)19(24)17-12-14(2)25-15(17)3/h12,16H,4-11,13H2,1-3H3. The van der Waals surface area contributed by atoms with Crippen LogP contribution in [0.4, 0.5) is 0 Å². The molecule has 6 heteroatoms. The molecule has 6 nitrogen and oxygen atoms in total. The highest BCUT2D eigenvalue weighted by Gasteiger charge is 2.33. The van der Waals surface area contributed by atoms with Gasteiger partial charge in [0.05, 0.1) is 11.5 Å². The summed E-state index contributed by atoms with van der Waals surface area (Å²) in [5, 5.41) is 0. The average molecular weight is 347 g/mol. The Hall–Kier alpha value is -1.82. The quantitative estimate of drug-likeness (QED) is 0.838. The van der Waals surface area contributed by atoms with Gasteiger partial charge in [0.15, 0.2) is 0 Å². The van der Waals surface area contributed by atoms with Crippen LogP contribution in [0.25, 0.3) is 0 Å². The number of piperazine rings is 1. The molecule has 0 aromatic carbocycles. The van der Waals surface area contributed by atoms with Gasteiger partial charge in [-0.3, -0.25) is 9.59 Å². The Morgan fingerprint density at radius 2 is 1.84 bits per heavy atom.